The summed E-state index contributed by atoms with van der Waals surface area (Å²) in [6.07, 6.45) is 2.01. The number of benzene rings is 3. The van der Waals surface area contributed by atoms with E-state index in [1.165, 1.54) is 94.6 Å². The van der Waals surface area contributed by atoms with Crippen molar-refractivity contribution in [3.05, 3.63) is 90.0 Å². The minimum absolute atomic E-state index is 0.169. The third kappa shape index (κ3) is 5.49. The first-order valence-electron chi connectivity index (χ1n) is 15.3. The largest absolute Gasteiger partial charge is 0.457 e. The minimum atomic E-state index is -0.413. The highest BCUT2D eigenvalue weighted by molar-refractivity contribution is 5.89. The maximum absolute atomic E-state index is 12.5. The number of rotatable bonds is 9. The Hall–Kier alpha value is -3.17. The van der Waals surface area contributed by atoms with E-state index < -0.39 is 5.97 Å². The van der Waals surface area contributed by atoms with Gasteiger partial charge in [0, 0.05) is 7.11 Å². The van der Waals surface area contributed by atoms with Gasteiger partial charge in [0.05, 0.1) is 12.2 Å². The summed E-state index contributed by atoms with van der Waals surface area (Å²) in [6, 6.07) is 0. The van der Waals surface area contributed by atoms with Gasteiger partial charge in [0.15, 0.2) is 0 Å². The molecule has 0 saturated carbocycles. The van der Waals surface area contributed by atoms with Crippen molar-refractivity contribution in [1.29, 1.82) is 0 Å². The van der Waals surface area contributed by atoms with Crippen LogP contribution in [0.2, 0.25) is 0 Å². The van der Waals surface area contributed by atoms with Crippen LogP contribution in [0.4, 0.5) is 0 Å². The zero-order valence-electron chi connectivity index (χ0n) is 28.8. The van der Waals surface area contributed by atoms with Gasteiger partial charge in [-0.25, -0.2) is 4.79 Å². The molecule has 0 aliphatic heterocycles. The molecule has 0 amide bonds. The highest BCUT2D eigenvalue weighted by Crippen LogP contribution is 2.46. The molecule has 3 heteroatoms. The molecule has 0 unspecified atom stereocenters. The van der Waals surface area contributed by atoms with Crippen LogP contribution in [0.1, 0.15) is 91.7 Å². The van der Waals surface area contributed by atoms with Crippen molar-refractivity contribution in [2.45, 2.75) is 109 Å². The molecule has 3 nitrogen and oxygen atoms in total. The van der Waals surface area contributed by atoms with Crippen molar-refractivity contribution in [1.82, 2.24) is 0 Å². The van der Waals surface area contributed by atoms with E-state index in [1.54, 1.807) is 7.11 Å². The predicted molar refractivity (Wildman–Crippen MR) is 179 cm³/mol. The van der Waals surface area contributed by atoms with Crippen LogP contribution in [0.15, 0.2) is 12.2 Å². The standard InChI is InChI=1S/C39H52O3/c1-16-32-21(4)25(8)35(26(9)22(32)5)37-29(12)30(13)38(33(17-2)31(37)14)36-27(10)23(6)34(24(7)28(36)11)19-42-39(40)20(3)18-41-15/h3,16-19H2,1-2,4-15H3. The van der Waals surface area contributed by atoms with Crippen LogP contribution < -0.4 is 0 Å². The van der Waals surface area contributed by atoms with E-state index in [-0.39, 0.29) is 13.2 Å². The Morgan fingerprint density at radius 3 is 1.31 bits per heavy atom. The Balaban J connectivity index is 2.31. The zero-order chi connectivity index (χ0) is 31.8. The second-order valence-electron chi connectivity index (χ2n) is 12.1. The highest BCUT2D eigenvalue weighted by Gasteiger charge is 2.26. The number of esters is 1. The Bertz CT molecular complexity index is 1520. The highest BCUT2D eigenvalue weighted by atomic mass is 16.5. The van der Waals surface area contributed by atoms with E-state index in [0.29, 0.717) is 5.57 Å². The summed E-state index contributed by atoms with van der Waals surface area (Å²) in [6.45, 7) is 33.6. The molecule has 0 aliphatic rings. The maximum atomic E-state index is 12.5. The predicted octanol–water partition coefficient (Wildman–Crippen LogP) is 9.78. The lowest BCUT2D eigenvalue weighted by atomic mass is 9.75. The van der Waals surface area contributed by atoms with Crippen LogP contribution >= 0.6 is 0 Å². The maximum Gasteiger partial charge on any atom is 0.336 e. The first kappa shape index (κ1) is 33.3. The SMILES string of the molecule is C=C(COC)C(=O)OCc1c(C)c(C)c(-c2c(C)c(C)c(-c3c(C)c(C)c(CC)c(C)c3C)c(C)c2CC)c(C)c1C. The Kier molecular flexibility index (Phi) is 10.3. The summed E-state index contributed by atoms with van der Waals surface area (Å²) < 4.78 is 10.7. The number of carbonyl (C=O) groups is 1. The van der Waals surface area contributed by atoms with Gasteiger partial charge in [0.2, 0.25) is 0 Å². The molecule has 0 heterocycles. The molecule has 0 aliphatic carbocycles. The monoisotopic (exact) mass is 568 g/mol. The average Bonchev–Trinajstić information content (AvgIpc) is 2.95. The van der Waals surface area contributed by atoms with Crippen molar-refractivity contribution in [2.24, 2.45) is 0 Å². The molecular formula is C39H52O3. The van der Waals surface area contributed by atoms with Gasteiger partial charge in [-0.2, -0.15) is 0 Å². The van der Waals surface area contributed by atoms with Crippen molar-refractivity contribution in [2.75, 3.05) is 13.7 Å². The topological polar surface area (TPSA) is 35.5 Å². The Morgan fingerprint density at radius 2 is 0.881 bits per heavy atom. The van der Waals surface area contributed by atoms with Gasteiger partial charge in [-0.05, 0) is 189 Å². The van der Waals surface area contributed by atoms with E-state index in [0.717, 1.165) is 18.4 Å². The molecule has 0 radical (unpaired) electrons. The fraction of sp³-hybridized carbons (Fsp3) is 0.462. The molecule has 0 spiro atoms. The normalized spacial score (nSPS) is 11.3. The van der Waals surface area contributed by atoms with Crippen molar-refractivity contribution < 1.29 is 14.3 Å². The van der Waals surface area contributed by atoms with E-state index in [1.807, 2.05) is 0 Å². The molecule has 0 fully saturated rings. The van der Waals surface area contributed by atoms with E-state index in [9.17, 15) is 4.79 Å². The summed E-state index contributed by atoms with van der Waals surface area (Å²) in [7, 11) is 1.55. The summed E-state index contributed by atoms with van der Waals surface area (Å²) in [4.78, 5) is 12.5. The fourth-order valence-electron chi connectivity index (χ4n) is 7.13. The molecule has 3 aromatic carbocycles. The number of hydrogen-bond acceptors (Lipinski definition) is 3. The van der Waals surface area contributed by atoms with Crippen LogP contribution in [0.5, 0.6) is 0 Å². The van der Waals surface area contributed by atoms with E-state index >= 15 is 0 Å². The van der Waals surface area contributed by atoms with Gasteiger partial charge >= 0.3 is 5.97 Å². The lowest BCUT2D eigenvalue weighted by Gasteiger charge is -2.29. The summed E-state index contributed by atoms with van der Waals surface area (Å²) >= 11 is 0. The van der Waals surface area contributed by atoms with Crippen molar-refractivity contribution in [3.8, 4) is 22.3 Å². The number of hydrogen-bond donors (Lipinski definition) is 0. The smallest absolute Gasteiger partial charge is 0.336 e. The van der Waals surface area contributed by atoms with Gasteiger partial charge in [-0.1, -0.05) is 20.4 Å². The van der Waals surface area contributed by atoms with Crippen LogP contribution in [-0.2, 0) is 33.7 Å². The molecule has 0 N–H and O–H groups in total. The van der Waals surface area contributed by atoms with E-state index in [4.69, 9.17) is 9.47 Å². The van der Waals surface area contributed by atoms with Gasteiger partial charge < -0.3 is 9.47 Å². The number of methoxy groups -OCH3 is 1. The summed E-state index contributed by atoms with van der Waals surface area (Å²) in [5.74, 6) is -0.413. The van der Waals surface area contributed by atoms with E-state index in [2.05, 4.69) is 96.6 Å². The molecule has 226 valence electrons. The molecule has 42 heavy (non-hydrogen) atoms. The molecular weight excluding hydrogens is 516 g/mol. The molecule has 3 aromatic rings. The minimum Gasteiger partial charge on any atom is -0.457 e. The number of ether oxygens (including phenoxy) is 2. The molecule has 0 atom stereocenters. The van der Waals surface area contributed by atoms with Gasteiger partial charge in [0.25, 0.3) is 0 Å². The molecule has 3 rings (SSSR count). The first-order valence-corrected chi connectivity index (χ1v) is 15.3. The second-order valence-corrected chi connectivity index (χ2v) is 12.1. The first-order chi connectivity index (χ1) is 19.7. The molecule has 0 saturated heterocycles. The fourth-order valence-corrected chi connectivity index (χ4v) is 7.13. The summed E-state index contributed by atoms with van der Waals surface area (Å²) in [5, 5.41) is 0. The lowest BCUT2D eigenvalue weighted by molar-refractivity contribution is -0.140. The third-order valence-electron chi connectivity index (χ3n) is 10.2. The molecule has 0 bridgehead atoms. The van der Waals surface area contributed by atoms with Crippen molar-refractivity contribution >= 4 is 5.97 Å². The Labute approximate surface area is 255 Å². The Morgan fingerprint density at radius 1 is 0.524 bits per heavy atom. The molecule has 0 aromatic heterocycles. The van der Waals surface area contributed by atoms with Crippen LogP contribution in [-0.4, -0.2) is 19.7 Å². The van der Waals surface area contributed by atoms with Crippen LogP contribution in [0.25, 0.3) is 22.3 Å². The van der Waals surface area contributed by atoms with Crippen LogP contribution in [0, 0.1) is 76.2 Å². The summed E-state index contributed by atoms with van der Waals surface area (Å²) in [5.41, 5.74) is 24.4. The second kappa shape index (κ2) is 13.0. The van der Waals surface area contributed by atoms with Crippen LogP contribution in [0.3, 0.4) is 0 Å². The third-order valence-corrected chi connectivity index (χ3v) is 10.2. The van der Waals surface area contributed by atoms with Crippen molar-refractivity contribution in [3.63, 3.8) is 0 Å². The zero-order valence-corrected chi connectivity index (χ0v) is 28.8. The average molecular weight is 569 g/mol. The number of carbonyl (C=O) groups excluding carboxylic acids is 1. The van der Waals surface area contributed by atoms with Gasteiger partial charge in [0.1, 0.15) is 6.61 Å². The quantitative estimate of drug-likeness (QED) is 0.190. The van der Waals surface area contributed by atoms with Gasteiger partial charge in [-0.15, -0.1) is 0 Å². The van der Waals surface area contributed by atoms with Gasteiger partial charge in [-0.3, -0.25) is 0 Å². The lowest BCUT2D eigenvalue weighted by Crippen LogP contribution is -2.13.